The zero-order chi connectivity index (χ0) is 21.8. The molecule has 2 rings (SSSR count). The van der Waals surface area contributed by atoms with Crippen LogP contribution in [-0.4, -0.2) is 49.7 Å². The van der Waals surface area contributed by atoms with Gasteiger partial charge in [-0.1, -0.05) is 19.9 Å². The topological polar surface area (TPSA) is 82.9 Å². The zero-order valence-corrected chi connectivity index (χ0v) is 18.8. The van der Waals surface area contributed by atoms with E-state index < -0.39 is 16.1 Å². The van der Waals surface area contributed by atoms with Gasteiger partial charge < -0.3 is 9.73 Å². The molecule has 0 unspecified atom stereocenters. The SMILES string of the molecule is CCN(CC)S(=O)(=O)c1cc(NC(=O)[C@@H](C)N(C)Cc2ccc(C)o2)ccc1C. The minimum Gasteiger partial charge on any atom is -0.465 e. The van der Waals surface area contributed by atoms with Crippen LogP contribution in [0.2, 0.25) is 0 Å². The molecule has 1 N–H and O–H groups in total. The molecule has 0 radical (unpaired) electrons. The van der Waals surface area contributed by atoms with Gasteiger partial charge in [-0.2, -0.15) is 4.31 Å². The maximum atomic E-state index is 12.9. The van der Waals surface area contributed by atoms with Gasteiger partial charge in [0, 0.05) is 18.8 Å². The third kappa shape index (κ3) is 5.46. The Morgan fingerprint density at radius 1 is 1.14 bits per heavy atom. The molecule has 0 aliphatic carbocycles. The summed E-state index contributed by atoms with van der Waals surface area (Å²) in [7, 11) is -1.77. The Morgan fingerprint density at radius 2 is 1.79 bits per heavy atom. The van der Waals surface area contributed by atoms with Crippen LogP contribution in [0.25, 0.3) is 0 Å². The first kappa shape index (κ1) is 23.1. The number of sulfonamides is 1. The van der Waals surface area contributed by atoms with Crippen molar-refractivity contribution in [3.63, 3.8) is 0 Å². The monoisotopic (exact) mass is 421 g/mol. The second kappa shape index (κ2) is 9.56. The smallest absolute Gasteiger partial charge is 0.243 e. The van der Waals surface area contributed by atoms with Gasteiger partial charge in [0.2, 0.25) is 15.9 Å². The molecule has 0 bridgehead atoms. The molecular formula is C21H31N3O4S. The van der Waals surface area contributed by atoms with E-state index in [2.05, 4.69) is 5.32 Å². The van der Waals surface area contributed by atoms with Gasteiger partial charge in [0.15, 0.2) is 0 Å². The van der Waals surface area contributed by atoms with Crippen LogP contribution in [0.3, 0.4) is 0 Å². The number of rotatable bonds is 9. The minimum atomic E-state index is -3.61. The molecule has 8 heteroatoms. The number of aryl methyl sites for hydroxylation is 2. The molecule has 0 spiro atoms. The van der Waals surface area contributed by atoms with Gasteiger partial charge in [0.1, 0.15) is 11.5 Å². The predicted octanol–water partition coefficient (Wildman–Crippen LogP) is 3.39. The van der Waals surface area contributed by atoms with Gasteiger partial charge >= 0.3 is 0 Å². The number of hydrogen-bond donors (Lipinski definition) is 1. The molecule has 1 amide bonds. The lowest BCUT2D eigenvalue weighted by atomic mass is 10.2. The Morgan fingerprint density at radius 3 is 2.34 bits per heavy atom. The summed E-state index contributed by atoms with van der Waals surface area (Å²) in [6, 6.07) is 8.32. The Balaban J connectivity index is 2.16. The van der Waals surface area contributed by atoms with E-state index in [1.807, 2.05) is 31.0 Å². The highest BCUT2D eigenvalue weighted by Gasteiger charge is 2.25. The van der Waals surface area contributed by atoms with Crippen molar-refractivity contribution in [1.82, 2.24) is 9.21 Å². The first-order valence-electron chi connectivity index (χ1n) is 9.77. The molecule has 0 saturated carbocycles. The van der Waals surface area contributed by atoms with Crippen molar-refractivity contribution in [3.8, 4) is 0 Å². The van der Waals surface area contributed by atoms with E-state index in [1.54, 1.807) is 39.8 Å². The van der Waals surface area contributed by atoms with E-state index >= 15 is 0 Å². The average molecular weight is 422 g/mol. The fourth-order valence-corrected chi connectivity index (χ4v) is 4.77. The quantitative estimate of drug-likeness (QED) is 0.671. The number of carbonyl (C=O) groups is 1. The highest BCUT2D eigenvalue weighted by atomic mass is 32.2. The fourth-order valence-electron chi connectivity index (χ4n) is 3.06. The van der Waals surface area contributed by atoms with E-state index in [0.29, 0.717) is 30.9 Å². The highest BCUT2D eigenvalue weighted by molar-refractivity contribution is 7.89. The van der Waals surface area contributed by atoms with Crippen molar-refractivity contribution in [2.45, 2.75) is 52.1 Å². The molecule has 0 saturated heterocycles. The number of nitrogens with zero attached hydrogens (tertiary/aromatic N) is 2. The van der Waals surface area contributed by atoms with Crippen LogP contribution in [0.15, 0.2) is 39.6 Å². The van der Waals surface area contributed by atoms with Gasteiger partial charge in [-0.25, -0.2) is 8.42 Å². The van der Waals surface area contributed by atoms with E-state index in [4.69, 9.17) is 4.42 Å². The number of hydrogen-bond acceptors (Lipinski definition) is 5. The summed E-state index contributed by atoms with van der Waals surface area (Å²) in [5.41, 5.74) is 1.11. The van der Waals surface area contributed by atoms with Crippen LogP contribution in [0, 0.1) is 13.8 Å². The zero-order valence-electron chi connectivity index (χ0n) is 18.0. The fraction of sp³-hybridized carbons (Fsp3) is 0.476. The van der Waals surface area contributed by atoms with Gasteiger partial charge in [0.05, 0.1) is 17.5 Å². The molecule has 7 nitrogen and oxygen atoms in total. The Bertz CT molecular complexity index is 949. The molecule has 1 aromatic carbocycles. The summed E-state index contributed by atoms with van der Waals surface area (Å²) in [4.78, 5) is 14.8. The lowest BCUT2D eigenvalue weighted by molar-refractivity contribution is -0.120. The van der Waals surface area contributed by atoms with E-state index in [-0.39, 0.29) is 10.8 Å². The van der Waals surface area contributed by atoms with Crippen LogP contribution in [-0.2, 0) is 21.4 Å². The number of anilines is 1. The van der Waals surface area contributed by atoms with Crippen LogP contribution >= 0.6 is 0 Å². The van der Waals surface area contributed by atoms with Crippen molar-refractivity contribution in [2.24, 2.45) is 0 Å². The highest BCUT2D eigenvalue weighted by Crippen LogP contribution is 2.24. The normalized spacial score (nSPS) is 13.1. The van der Waals surface area contributed by atoms with Crippen molar-refractivity contribution in [1.29, 1.82) is 0 Å². The first-order valence-corrected chi connectivity index (χ1v) is 11.2. The third-order valence-electron chi connectivity index (χ3n) is 5.02. The predicted molar refractivity (Wildman–Crippen MR) is 114 cm³/mol. The maximum Gasteiger partial charge on any atom is 0.243 e. The summed E-state index contributed by atoms with van der Waals surface area (Å²) >= 11 is 0. The summed E-state index contributed by atoms with van der Waals surface area (Å²) in [5, 5.41) is 2.83. The van der Waals surface area contributed by atoms with Gasteiger partial charge in [-0.15, -0.1) is 0 Å². The lowest BCUT2D eigenvalue weighted by Crippen LogP contribution is -2.39. The summed E-state index contributed by atoms with van der Waals surface area (Å²) < 4.78 is 32.8. The second-order valence-electron chi connectivity index (χ2n) is 7.16. The molecule has 0 fully saturated rings. The minimum absolute atomic E-state index is 0.214. The largest absolute Gasteiger partial charge is 0.465 e. The molecule has 1 atom stereocenters. The van der Waals surface area contributed by atoms with Crippen molar-refractivity contribution in [3.05, 3.63) is 47.4 Å². The standard InChI is InChI=1S/C21H31N3O4S/c1-7-24(8-2)29(26,27)20-13-18(11-9-15(20)3)22-21(25)17(5)23(6)14-19-12-10-16(4)28-19/h9-13,17H,7-8,14H2,1-6H3,(H,22,25)/t17-/m1/s1. The number of carbonyl (C=O) groups excluding carboxylic acids is 1. The van der Waals surface area contributed by atoms with Crippen LogP contribution in [0.5, 0.6) is 0 Å². The molecule has 29 heavy (non-hydrogen) atoms. The van der Waals surface area contributed by atoms with Gasteiger partial charge in [-0.3, -0.25) is 9.69 Å². The first-order chi connectivity index (χ1) is 13.6. The van der Waals surface area contributed by atoms with Crippen molar-refractivity contribution < 1.29 is 17.6 Å². The molecular weight excluding hydrogens is 390 g/mol. The van der Waals surface area contributed by atoms with Crippen LogP contribution in [0.4, 0.5) is 5.69 Å². The molecule has 0 aliphatic rings. The summed E-state index contributed by atoms with van der Waals surface area (Å²) in [6.07, 6.45) is 0. The second-order valence-corrected chi connectivity index (χ2v) is 9.07. The number of furan rings is 1. The Kier molecular flexibility index (Phi) is 7.62. The number of likely N-dealkylation sites (N-methyl/N-ethyl adjacent to an activating group) is 1. The molecule has 160 valence electrons. The van der Waals surface area contributed by atoms with E-state index in [9.17, 15) is 13.2 Å². The summed E-state index contributed by atoms with van der Waals surface area (Å²) in [5.74, 6) is 1.39. The van der Waals surface area contributed by atoms with Crippen LogP contribution in [0.1, 0.15) is 37.9 Å². The third-order valence-corrected chi connectivity index (χ3v) is 7.21. The Labute approximate surface area is 173 Å². The average Bonchev–Trinajstić information content (AvgIpc) is 3.07. The molecule has 0 aliphatic heterocycles. The Hall–Kier alpha value is -2.16. The van der Waals surface area contributed by atoms with Crippen molar-refractivity contribution in [2.75, 3.05) is 25.5 Å². The van der Waals surface area contributed by atoms with E-state index in [0.717, 1.165) is 11.5 Å². The van der Waals surface area contributed by atoms with Gasteiger partial charge in [0.25, 0.3) is 0 Å². The molecule has 1 aromatic heterocycles. The number of benzene rings is 1. The number of nitrogens with one attached hydrogen (secondary N) is 1. The van der Waals surface area contributed by atoms with E-state index in [1.165, 1.54) is 10.4 Å². The molecule has 2 aromatic rings. The van der Waals surface area contributed by atoms with Gasteiger partial charge in [-0.05, 0) is 57.6 Å². The molecule has 1 heterocycles. The lowest BCUT2D eigenvalue weighted by Gasteiger charge is -2.23. The summed E-state index contributed by atoms with van der Waals surface area (Å²) in [6.45, 7) is 10.3. The van der Waals surface area contributed by atoms with Crippen LogP contribution < -0.4 is 5.32 Å². The number of amides is 1. The maximum absolute atomic E-state index is 12.9. The van der Waals surface area contributed by atoms with Crippen molar-refractivity contribution >= 4 is 21.6 Å².